The molecule has 2 fully saturated rings. The zero-order valence-corrected chi connectivity index (χ0v) is 16.5. The number of ether oxygens (including phenoxy) is 3. The smallest absolute Gasteiger partial charge is 0.138 e. The first-order chi connectivity index (χ1) is 13.4. The predicted molar refractivity (Wildman–Crippen MR) is 101 cm³/mol. The van der Waals surface area contributed by atoms with Gasteiger partial charge in [-0.05, 0) is 43.4 Å². The van der Waals surface area contributed by atoms with Gasteiger partial charge in [0.25, 0.3) is 0 Å². The summed E-state index contributed by atoms with van der Waals surface area (Å²) in [4.78, 5) is 0. The van der Waals surface area contributed by atoms with Crippen LogP contribution in [0.5, 0.6) is 5.75 Å². The Bertz CT molecular complexity index is 702. The second-order valence-electron chi connectivity index (χ2n) is 7.37. The first-order valence-corrected chi connectivity index (χ1v) is 9.88. The lowest BCUT2D eigenvalue weighted by Gasteiger charge is -2.40. The van der Waals surface area contributed by atoms with Gasteiger partial charge in [-0.2, -0.15) is 5.26 Å². The fourth-order valence-corrected chi connectivity index (χ4v) is 4.00. The highest BCUT2D eigenvalue weighted by atomic mass is 35.5. The summed E-state index contributed by atoms with van der Waals surface area (Å²) >= 11 is 6.29. The van der Waals surface area contributed by atoms with Gasteiger partial charge in [-0.25, -0.2) is 0 Å². The maximum Gasteiger partial charge on any atom is 0.138 e. The van der Waals surface area contributed by atoms with Crippen LogP contribution in [0.2, 0.25) is 5.02 Å². The number of aliphatic hydroxyl groups excluding tert-OH is 3. The van der Waals surface area contributed by atoms with Crippen LogP contribution in [0.4, 0.5) is 0 Å². The fraction of sp³-hybridized carbons (Fsp3) is 0.650. The summed E-state index contributed by atoms with van der Waals surface area (Å²) in [5.41, 5.74) is 0.561. The second-order valence-corrected chi connectivity index (χ2v) is 7.78. The van der Waals surface area contributed by atoms with Crippen LogP contribution < -0.4 is 4.74 Å². The normalized spacial score (nSPS) is 35.9. The minimum Gasteiger partial charge on any atom is -0.489 e. The highest BCUT2D eigenvalue weighted by Gasteiger charge is 2.44. The molecule has 7 nitrogen and oxygen atoms in total. The van der Waals surface area contributed by atoms with Crippen LogP contribution >= 0.6 is 11.6 Å². The maximum absolute atomic E-state index is 10.4. The number of rotatable bonds is 5. The number of hydrogen-bond donors (Lipinski definition) is 3. The van der Waals surface area contributed by atoms with E-state index in [4.69, 9.17) is 31.1 Å². The summed E-state index contributed by atoms with van der Waals surface area (Å²) in [6, 6.07) is 6.94. The molecule has 0 radical (unpaired) electrons. The summed E-state index contributed by atoms with van der Waals surface area (Å²) in [6.07, 6.45) is -2.13. The van der Waals surface area contributed by atoms with Crippen molar-refractivity contribution in [1.82, 2.24) is 0 Å². The highest BCUT2D eigenvalue weighted by molar-refractivity contribution is 6.32. The summed E-state index contributed by atoms with van der Waals surface area (Å²) in [5, 5.41) is 39.9. The third-order valence-electron chi connectivity index (χ3n) is 5.54. The Morgan fingerprint density at radius 3 is 2.43 bits per heavy atom. The minimum atomic E-state index is -1.42. The summed E-state index contributed by atoms with van der Waals surface area (Å²) in [5.74, 6) is 0.480. The van der Waals surface area contributed by atoms with E-state index in [0.29, 0.717) is 16.3 Å². The van der Waals surface area contributed by atoms with Crippen molar-refractivity contribution in [2.75, 3.05) is 7.11 Å². The van der Waals surface area contributed by atoms with E-state index < -0.39 is 30.5 Å². The Labute approximate surface area is 169 Å². The molecular weight excluding hydrogens is 386 g/mol. The van der Waals surface area contributed by atoms with Crippen molar-refractivity contribution in [1.29, 1.82) is 5.26 Å². The first-order valence-electron chi connectivity index (χ1n) is 9.50. The van der Waals surface area contributed by atoms with Crippen LogP contribution in [0.1, 0.15) is 43.8 Å². The van der Waals surface area contributed by atoms with Crippen LogP contribution in [0.25, 0.3) is 0 Å². The van der Waals surface area contributed by atoms with Crippen molar-refractivity contribution < 1.29 is 29.5 Å². The van der Waals surface area contributed by atoms with Crippen molar-refractivity contribution in [3.63, 3.8) is 0 Å². The maximum atomic E-state index is 10.4. The molecule has 1 aliphatic heterocycles. The lowest BCUT2D eigenvalue weighted by Crippen LogP contribution is -2.53. The average Bonchev–Trinajstić information content (AvgIpc) is 2.71. The molecule has 2 unspecified atom stereocenters. The van der Waals surface area contributed by atoms with Crippen LogP contribution in [0, 0.1) is 11.3 Å². The van der Waals surface area contributed by atoms with Gasteiger partial charge in [0.05, 0.1) is 35.8 Å². The van der Waals surface area contributed by atoms with Crippen LogP contribution in [-0.4, -0.2) is 59.1 Å². The molecule has 0 amide bonds. The lowest BCUT2D eigenvalue weighted by atomic mass is 9.90. The molecule has 1 aromatic rings. The molecule has 28 heavy (non-hydrogen) atoms. The molecule has 1 aromatic carbocycles. The summed E-state index contributed by atoms with van der Waals surface area (Å²) in [7, 11) is 1.71. The topological polar surface area (TPSA) is 112 Å². The van der Waals surface area contributed by atoms with Gasteiger partial charge in [0.2, 0.25) is 0 Å². The van der Waals surface area contributed by atoms with Crippen LogP contribution in [0.15, 0.2) is 18.2 Å². The summed E-state index contributed by atoms with van der Waals surface area (Å²) in [6.45, 7) is 0. The van der Waals surface area contributed by atoms with Crippen molar-refractivity contribution in [2.24, 2.45) is 0 Å². The lowest BCUT2D eigenvalue weighted by molar-refractivity contribution is -0.223. The van der Waals surface area contributed by atoms with Gasteiger partial charge in [-0.3, -0.25) is 0 Å². The quantitative estimate of drug-likeness (QED) is 0.680. The van der Waals surface area contributed by atoms with Crippen molar-refractivity contribution in [3.8, 4) is 11.8 Å². The zero-order chi connectivity index (χ0) is 20.3. The third-order valence-corrected chi connectivity index (χ3v) is 5.85. The molecule has 2 aliphatic rings. The van der Waals surface area contributed by atoms with Gasteiger partial charge in [-0.1, -0.05) is 17.7 Å². The molecule has 0 bridgehead atoms. The molecule has 0 aromatic heterocycles. The molecule has 154 valence electrons. The molecule has 1 heterocycles. The van der Waals surface area contributed by atoms with Crippen molar-refractivity contribution >= 4 is 11.6 Å². The SMILES string of the molecule is COC1CCC(Oc2cc([C@@H]3OC(CC#N)[C@@H](O)C(O)[C@H]3O)ccc2Cl)CC1. The molecule has 1 aliphatic carbocycles. The Hall–Kier alpha value is -1.40. The number of aliphatic hydroxyl groups is 3. The van der Waals surface area contributed by atoms with E-state index in [-0.39, 0.29) is 18.6 Å². The standard InChI is InChI=1S/C20H26ClNO6/c1-26-12-3-5-13(6-4-12)27-16-10-11(2-7-14(16)21)20-19(25)18(24)17(23)15(28-20)8-9-22/h2,7,10,12-13,15,17-20,23-25H,3-6,8H2,1H3/t12?,13?,15?,17-,18?,19-,20+/m1/s1. The number of halogens is 1. The van der Waals surface area contributed by atoms with Crippen molar-refractivity contribution in [3.05, 3.63) is 28.8 Å². The molecule has 8 heteroatoms. The number of methoxy groups -OCH3 is 1. The van der Waals surface area contributed by atoms with Crippen molar-refractivity contribution in [2.45, 2.75) is 74.8 Å². The van der Waals surface area contributed by atoms with Gasteiger partial charge in [0, 0.05) is 7.11 Å². The Morgan fingerprint density at radius 1 is 1.11 bits per heavy atom. The molecule has 1 saturated carbocycles. The van der Waals surface area contributed by atoms with E-state index in [1.807, 2.05) is 6.07 Å². The minimum absolute atomic E-state index is 0.0232. The van der Waals surface area contributed by atoms with Gasteiger partial charge in [0.1, 0.15) is 30.2 Å². The highest BCUT2D eigenvalue weighted by Crippen LogP contribution is 2.37. The number of nitriles is 1. The predicted octanol–water partition coefficient (Wildman–Crippen LogP) is 2.11. The van der Waals surface area contributed by atoms with Gasteiger partial charge in [-0.15, -0.1) is 0 Å². The number of hydrogen-bond acceptors (Lipinski definition) is 7. The van der Waals surface area contributed by atoms with E-state index in [9.17, 15) is 15.3 Å². The van der Waals surface area contributed by atoms with Gasteiger partial charge >= 0.3 is 0 Å². The van der Waals surface area contributed by atoms with E-state index in [2.05, 4.69) is 0 Å². The Kier molecular flexibility index (Phi) is 7.15. The van der Waals surface area contributed by atoms with E-state index in [1.165, 1.54) is 0 Å². The van der Waals surface area contributed by atoms with E-state index in [0.717, 1.165) is 25.7 Å². The molecule has 1 saturated heterocycles. The Balaban J connectivity index is 1.75. The van der Waals surface area contributed by atoms with Crippen LogP contribution in [-0.2, 0) is 9.47 Å². The summed E-state index contributed by atoms with van der Waals surface area (Å²) < 4.78 is 17.2. The van der Waals surface area contributed by atoms with Gasteiger partial charge in [0.15, 0.2) is 0 Å². The largest absolute Gasteiger partial charge is 0.489 e. The molecular formula is C20H26ClNO6. The second kappa shape index (κ2) is 9.40. The molecule has 3 rings (SSSR count). The molecule has 5 atom stereocenters. The number of benzene rings is 1. The molecule has 0 spiro atoms. The number of nitrogens with zero attached hydrogens (tertiary/aromatic N) is 1. The monoisotopic (exact) mass is 411 g/mol. The zero-order valence-electron chi connectivity index (χ0n) is 15.7. The molecule has 3 N–H and O–H groups in total. The third kappa shape index (κ3) is 4.60. The van der Waals surface area contributed by atoms with E-state index in [1.54, 1.807) is 25.3 Å². The van der Waals surface area contributed by atoms with Gasteiger partial charge < -0.3 is 29.5 Å². The Morgan fingerprint density at radius 2 is 1.79 bits per heavy atom. The van der Waals surface area contributed by atoms with E-state index >= 15 is 0 Å². The van der Waals surface area contributed by atoms with Crippen LogP contribution in [0.3, 0.4) is 0 Å². The fourth-order valence-electron chi connectivity index (χ4n) is 3.84. The first kappa shape index (κ1) is 21.3. The average molecular weight is 412 g/mol.